The van der Waals surface area contributed by atoms with Crippen LogP contribution in [0.1, 0.15) is 34.5 Å². The number of aromatic amines is 1. The van der Waals surface area contributed by atoms with Gasteiger partial charge in [-0.2, -0.15) is 15.4 Å². The fourth-order valence-corrected chi connectivity index (χ4v) is 5.06. The fourth-order valence-electron chi connectivity index (χ4n) is 5.06. The molecule has 7 nitrogen and oxygen atoms in total. The van der Waals surface area contributed by atoms with Gasteiger partial charge in [0.05, 0.1) is 11.6 Å². The SMILES string of the molecule is CC(=O)N1C[C@H]2CN(C(=O)c3cccc4n[nH]nc34)C[C@H]2[C@@H]1c1ccccc1C. The van der Waals surface area contributed by atoms with Crippen molar-refractivity contribution in [2.75, 3.05) is 19.6 Å². The molecule has 2 fully saturated rings. The lowest BCUT2D eigenvalue weighted by Crippen LogP contribution is -2.36. The molecule has 0 saturated carbocycles. The zero-order valence-electron chi connectivity index (χ0n) is 16.5. The molecule has 2 aromatic carbocycles. The minimum absolute atomic E-state index is 0.0133. The predicted octanol–water partition coefficient (Wildman–Crippen LogP) is 2.56. The topological polar surface area (TPSA) is 82.2 Å². The highest BCUT2D eigenvalue weighted by atomic mass is 16.2. The van der Waals surface area contributed by atoms with Gasteiger partial charge in [0.1, 0.15) is 11.0 Å². The van der Waals surface area contributed by atoms with Gasteiger partial charge in [-0.15, -0.1) is 0 Å². The summed E-state index contributed by atoms with van der Waals surface area (Å²) in [5, 5.41) is 10.8. The Kier molecular flexibility index (Phi) is 4.12. The van der Waals surface area contributed by atoms with Crippen molar-refractivity contribution in [3.63, 3.8) is 0 Å². The van der Waals surface area contributed by atoms with E-state index in [2.05, 4.69) is 34.5 Å². The van der Waals surface area contributed by atoms with Crippen LogP contribution in [0.3, 0.4) is 0 Å². The molecule has 3 aromatic rings. The predicted molar refractivity (Wildman–Crippen MR) is 108 cm³/mol. The van der Waals surface area contributed by atoms with Gasteiger partial charge < -0.3 is 9.80 Å². The molecule has 0 radical (unpaired) electrons. The van der Waals surface area contributed by atoms with Gasteiger partial charge in [-0.25, -0.2) is 0 Å². The minimum atomic E-state index is -0.0168. The Bertz CT molecular complexity index is 1110. The Hall–Kier alpha value is -3.22. The third kappa shape index (κ3) is 2.80. The maximum atomic E-state index is 13.3. The third-order valence-electron chi connectivity index (χ3n) is 6.44. The molecule has 2 amide bonds. The van der Waals surface area contributed by atoms with E-state index in [4.69, 9.17) is 0 Å². The number of hydrogen-bond donors (Lipinski definition) is 1. The molecule has 0 unspecified atom stereocenters. The number of carbonyl (C=O) groups is 2. The number of hydrogen-bond acceptors (Lipinski definition) is 4. The van der Waals surface area contributed by atoms with Gasteiger partial charge in [-0.3, -0.25) is 9.59 Å². The monoisotopic (exact) mass is 389 g/mol. The van der Waals surface area contributed by atoms with Gasteiger partial charge in [0.2, 0.25) is 5.91 Å². The number of aromatic nitrogens is 3. The Labute approximate surface area is 168 Å². The normalized spacial score (nSPS) is 23.6. The number of rotatable bonds is 2. The van der Waals surface area contributed by atoms with Crippen LogP contribution in [0, 0.1) is 18.8 Å². The number of carbonyl (C=O) groups excluding carboxylic acids is 2. The summed E-state index contributed by atoms with van der Waals surface area (Å²) in [6.45, 7) is 5.71. The number of H-pyrrole nitrogens is 1. The van der Waals surface area contributed by atoms with Crippen LogP contribution in [0.4, 0.5) is 0 Å². The number of amides is 2. The number of likely N-dealkylation sites (tertiary alicyclic amines) is 2. The smallest absolute Gasteiger partial charge is 0.256 e. The Morgan fingerprint density at radius 2 is 1.86 bits per heavy atom. The van der Waals surface area contributed by atoms with Crippen molar-refractivity contribution in [3.05, 3.63) is 59.2 Å². The first-order valence-electron chi connectivity index (χ1n) is 9.96. The minimum Gasteiger partial charge on any atom is -0.338 e. The molecule has 3 heterocycles. The van der Waals surface area contributed by atoms with Gasteiger partial charge in [-0.1, -0.05) is 30.3 Å². The van der Waals surface area contributed by atoms with Crippen LogP contribution in [-0.2, 0) is 4.79 Å². The second-order valence-corrected chi connectivity index (χ2v) is 8.10. The Morgan fingerprint density at radius 1 is 1.03 bits per heavy atom. The molecular weight excluding hydrogens is 366 g/mol. The van der Waals surface area contributed by atoms with Crippen LogP contribution < -0.4 is 0 Å². The highest BCUT2D eigenvalue weighted by Gasteiger charge is 2.49. The summed E-state index contributed by atoms with van der Waals surface area (Å²) in [7, 11) is 0. The lowest BCUT2D eigenvalue weighted by molar-refractivity contribution is -0.130. The second-order valence-electron chi connectivity index (χ2n) is 8.10. The second kappa shape index (κ2) is 6.69. The van der Waals surface area contributed by atoms with Gasteiger partial charge in [0.25, 0.3) is 5.91 Å². The summed E-state index contributed by atoms with van der Waals surface area (Å²) >= 11 is 0. The molecule has 7 heteroatoms. The first-order chi connectivity index (χ1) is 14.0. The molecule has 1 N–H and O–H groups in total. The third-order valence-corrected chi connectivity index (χ3v) is 6.44. The first kappa shape index (κ1) is 17.8. The largest absolute Gasteiger partial charge is 0.338 e. The summed E-state index contributed by atoms with van der Waals surface area (Å²) in [5.74, 6) is 0.596. The molecule has 148 valence electrons. The van der Waals surface area contributed by atoms with Gasteiger partial charge in [-0.05, 0) is 30.2 Å². The van der Waals surface area contributed by atoms with E-state index < -0.39 is 0 Å². The van der Waals surface area contributed by atoms with Crippen molar-refractivity contribution in [2.24, 2.45) is 11.8 Å². The number of fused-ring (bicyclic) bond motifs is 2. The highest BCUT2D eigenvalue weighted by molar-refractivity contribution is 6.04. The van der Waals surface area contributed by atoms with Crippen molar-refractivity contribution in [3.8, 4) is 0 Å². The molecular formula is C22H23N5O2. The average Bonchev–Trinajstić information content (AvgIpc) is 3.41. The fraction of sp³-hybridized carbons (Fsp3) is 0.364. The molecule has 0 aliphatic carbocycles. The van der Waals surface area contributed by atoms with Crippen molar-refractivity contribution in [2.45, 2.75) is 19.9 Å². The Balaban J connectivity index is 1.46. The first-order valence-corrected chi connectivity index (χ1v) is 9.96. The lowest BCUT2D eigenvalue weighted by Gasteiger charge is -2.30. The van der Waals surface area contributed by atoms with Crippen molar-refractivity contribution >= 4 is 22.8 Å². The maximum Gasteiger partial charge on any atom is 0.256 e. The molecule has 2 saturated heterocycles. The number of aryl methyl sites for hydroxylation is 1. The highest BCUT2D eigenvalue weighted by Crippen LogP contribution is 2.46. The zero-order chi connectivity index (χ0) is 20.1. The van der Waals surface area contributed by atoms with Gasteiger partial charge in [0, 0.05) is 38.4 Å². The molecule has 0 spiro atoms. The van der Waals surface area contributed by atoms with Crippen LogP contribution in [0.2, 0.25) is 0 Å². The molecule has 3 atom stereocenters. The van der Waals surface area contributed by atoms with E-state index in [1.807, 2.05) is 40.1 Å². The van der Waals surface area contributed by atoms with E-state index >= 15 is 0 Å². The van der Waals surface area contributed by atoms with Crippen LogP contribution in [0.15, 0.2) is 42.5 Å². The summed E-state index contributed by atoms with van der Waals surface area (Å²) < 4.78 is 0. The molecule has 0 bridgehead atoms. The van der Waals surface area contributed by atoms with Crippen LogP contribution in [-0.4, -0.2) is 56.7 Å². The summed E-state index contributed by atoms with van der Waals surface area (Å²) in [5.41, 5.74) is 4.24. The van der Waals surface area contributed by atoms with Crippen molar-refractivity contribution < 1.29 is 9.59 Å². The van der Waals surface area contributed by atoms with Gasteiger partial charge in [0.15, 0.2) is 0 Å². The van der Waals surface area contributed by atoms with E-state index in [9.17, 15) is 9.59 Å². The van der Waals surface area contributed by atoms with E-state index in [0.29, 0.717) is 36.2 Å². The number of nitrogens with one attached hydrogen (secondary N) is 1. The summed E-state index contributed by atoms with van der Waals surface area (Å²) in [6.07, 6.45) is 0. The average molecular weight is 389 g/mol. The van der Waals surface area contributed by atoms with E-state index in [1.54, 1.807) is 6.92 Å². The van der Waals surface area contributed by atoms with E-state index in [-0.39, 0.29) is 29.7 Å². The van der Waals surface area contributed by atoms with E-state index in [1.165, 1.54) is 11.1 Å². The van der Waals surface area contributed by atoms with Crippen LogP contribution in [0.5, 0.6) is 0 Å². The summed E-state index contributed by atoms with van der Waals surface area (Å²) in [4.78, 5) is 29.5. The number of nitrogens with zero attached hydrogens (tertiary/aromatic N) is 4. The quantitative estimate of drug-likeness (QED) is 0.730. The lowest BCUT2D eigenvalue weighted by atomic mass is 9.87. The number of para-hydroxylation sites is 1. The number of benzene rings is 2. The van der Waals surface area contributed by atoms with Crippen molar-refractivity contribution in [1.29, 1.82) is 0 Å². The van der Waals surface area contributed by atoms with E-state index in [0.717, 1.165) is 0 Å². The van der Waals surface area contributed by atoms with Crippen molar-refractivity contribution in [1.82, 2.24) is 25.2 Å². The molecule has 2 aliphatic rings. The zero-order valence-corrected chi connectivity index (χ0v) is 16.5. The molecule has 1 aromatic heterocycles. The van der Waals surface area contributed by atoms with Crippen LogP contribution in [0.25, 0.3) is 11.0 Å². The Morgan fingerprint density at radius 3 is 2.66 bits per heavy atom. The molecule has 2 aliphatic heterocycles. The van der Waals surface area contributed by atoms with Crippen LogP contribution >= 0.6 is 0 Å². The standard InChI is InChI=1S/C22H23N5O2/c1-13-6-3-4-7-16(13)21-18-12-26(10-15(18)11-27(21)14(2)28)22(29)17-8-5-9-19-20(17)24-25-23-19/h3-9,15,18,21H,10-12H2,1-2H3,(H,23,24,25)/t15-,18-,21+/m1/s1. The van der Waals surface area contributed by atoms with Gasteiger partial charge >= 0.3 is 0 Å². The maximum absolute atomic E-state index is 13.3. The molecule has 29 heavy (non-hydrogen) atoms. The summed E-state index contributed by atoms with van der Waals surface area (Å²) in [6, 6.07) is 13.7. The molecule has 5 rings (SSSR count).